The van der Waals surface area contributed by atoms with E-state index in [0.29, 0.717) is 6.42 Å². The first-order valence-corrected chi connectivity index (χ1v) is 17.5. The lowest BCUT2D eigenvalue weighted by atomic mass is 9.99. The van der Waals surface area contributed by atoms with E-state index in [4.69, 9.17) is 40.2 Å². The van der Waals surface area contributed by atoms with Crippen LogP contribution in [0.3, 0.4) is 0 Å². The summed E-state index contributed by atoms with van der Waals surface area (Å²) >= 11 is 0. The average molecular weight is 705 g/mol. The number of imidazole rings is 1. The van der Waals surface area contributed by atoms with E-state index in [1.54, 1.807) is 32.0 Å². The number of nitrogens with zero attached hydrogens (tertiary/aromatic N) is 4. The normalized spacial score (nSPS) is 20.8. The van der Waals surface area contributed by atoms with Gasteiger partial charge in [0.2, 0.25) is 0 Å². The molecule has 5 atom stereocenters. The van der Waals surface area contributed by atoms with Crippen LogP contribution in [0.5, 0.6) is 5.75 Å². The topological polar surface area (TPSA) is 188 Å². The number of terminal acetylenes is 1. The van der Waals surface area contributed by atoms with Crippen LogP contribution in [-0.4, -0.2) is 68.7 Å². The van der Waals surface area contributed by atoms with Crippen LogP contribution in [0.15, 0.2) is 36.7 Å². The van der Waals surface area contributed by atoms with Crippen molar-refractivity contribution in [1.82, 2.24) is 24.6 Å². The molecule has 0 unspecified atom stereocenters. The van der Waals surface area contributed by atoms with Crippen LogP contribution in [0.2, 0.25) is 0 Å². The van der Waals surface area contributed by atoms with Crippen LogP contribution >= 0.6 is 7.75 Å². The molecule has 17 heteroatoms. The number of benzene rings is 1. The van der Waals surface area contributed by atoms with Crippen LogP contribution < -0.4 is 15.3 Å². The molecule has 0 saturated carbocycles. The Morgan fingerprint density at radius 2 is 1.94 bits per heavy atom. The molecule has 15 nitrogen and oxygen atoms in total. The van der Waals surface area contributed by atoms with Crippen molar-refractivity contribution in [2.24, 2.45) is 0 Å². The maximum atomic E-state index is 14.2. The minimum atomic E-state index is -4.43. The van der Waals surface area contributed by atoms with Gasteiger partial charge in [0.1, 0.15) is 24.6 Å². The van der Waals surface area contributed by atoms with Crippen molar-refractivity contribution in [3.05, 3.63) is 42.7 Å². The van der Waals surface area contributed by atoms with Crippen molar-refractivity contribution in [3.63, 3.8) is 0 Å². The van der Waals surface area contributed by atoms with Crippen molar-refractivity contribution >= 4 is 36.9 Å². The number of esters is 1. The Morgan fingerprint density at radius 1 is 1.20 bits per heavy atom. The zero-order valence-corrected chi connectivity index (χ0v) is 28.8. The lowest BCUT2D eigenvalue weighted by Crippen LogP contribution is -2.46. The first kappa shape index (κ1) is 37.5. The third-order valence-electron chi connectivity index (χ3n) is 7.44. The second kappa shape index (κ2) is 16.9. The molecule has 3 heterocycles. The number of unbranched alkanes of at least 4 members (excludes halogenated alkanes) is 4. The largest absolute Gasteiger partial charge is 0.508 e. The molecule has 1 aliphatic rings. The van der Waals surface area contributed by atoms with Crippen LogP contribution in [0.25, 0.3) is 11.2 Å². The van der Waals surface area contributed by atoms with E-state index in [1.807, 2.05) is 0 Å². The minimum absolute atomic E-state index is 0.00520. The second-order valence-corrected chi connectivity index (χ2v) is 13.4. The summed E-state index contributed by atoms with van der Waals surface area (Å²) in [6.45, 7) is 6.31. The maximum absolute atomic E-state index is 14.2. The molecular formula is C32H42FN6O9P. The third kappa shape index (κ3) is 9.88. The van der Waals surface area contributed by atoms with Gasteiger partial charge in [-0.05, 0) is 39.3 Å². The number of hydrogen-bond acceptors (Lipinski definition) is 13. The number of carbonyl (C=O) groups is 2. The molecule has 0 radical (unpaired) electrons. The first-order valence-electron chi connectivity index (χ1n) is 16.0. The highest BCUT2D eigenvalue weighted by molar-refractivity contribution is 7.52. The lowest BCUT2D eigenvalue weighted by Gasteiger charge is -2.31. The molecule has 266 valence electrons. The van der Waals surface area contributed by atoms with Gasteiger partial charge in [-0.3, -0.25) is 13.9 Å². The smallest absolute Gasteiger partial charge is 0.462 e. The highest BCUT2D eigenvalue weighted by Gasteiger charge is 2.53. The summed E-state index contributed by atoms with van der Waals surface area (Å²) in [6, 6.07) is 6.96. The molecule has 1 aromatic carbocycles. The van der Waals surface area contributed by atoms with E-state index in [0.717, 1.165) is 25.7 Å². The zero-order valence-electron chi connectivity index (χ0n) is 27.9. The number of carbonyl (C=O) groups excluding carboxylic acids is 2. The Balaban J connectivity index is 1.61. The predicted octanol–water partition coefficient (Wildman–Crippen LogP) is 5.46. The number of ether oxygens (including phenoxy) is 4. The number of aromatic nitrogens is 4. The quantitative estimate of drug-likeness (QED) is 0.0592. The van der Waals surface area contributed by atoms with E-state index in [2.05, 4.69) is 32.9 Å². The Bertz CT molecular complexity index is 1670. The van der Waals surface area contributed by atoms with Gasteiger partial charge in [0.25, 0.3) is 0 Å². The van der Waals surface area contributed by atoms with E-state index < -0.39 is 62.6 Å². The summed E-state index contributed by atoms with van der Waals surface area (Å²) in [5.74, 6) is 1.73. The number of nitrogen functional groups attached to an aromatic ring is 1. The number of halogens is 1. The molecular weight excluding hydrogens is 662 g/mol. The van der Waals surface area contributed by atoms with E-state index in [1.165, 1.54) is 30.0 Å². The van der Waals surface area contributed by atoms with Gasteiger partial charge in [-0.25, -0.2) is 14.3 Å². The van der Waals surface area contributed by atoms with Crippen LogP contribution in [0.4, 0.5) is 15.0 Å². The van der Waals surface area contributed by atoms with Gasteiger partial charge in [0.15, 0.2) is 28.7 Å². The van der Waals surface area contributed by atoms with Crippen molar-refractivity contribution in [1.29, 1.82) is 0 Å². The van der Waals surface area contributed by atoms with E-state index >= 15 is 0 Å². The van der Waals surface area contributed by atoms with Crippen molar-refractivity contribution in [2.45, 2.75) is 96.3 Å². The number of nitrogens with two attached hydrogens (primary N) is 1. The van der Waals surface area contributed by atoms with Gasteiger partial charge in [0, 0.05) is 6.42 Å². The van der Waals surface area contributed by atoms with Crippen molar-refractivity contribution in [2.75, 3.05) is 18.9 Å². The molecule has 0 bridgehead atoms. The number of rotatable bonds is 17. The fraction of sp³-hybridized carbons (Fsp3) is 0.531. The van der Waals surface area contributed by atoms with Gasteiger partial charge < -0.3 is 29.2 Å². The second-order valence-electron chi connectivity index (χ2n) is 11.7. The minimum Gasteiger partial charge on any atom is -0.462 e. The molecule has 1 fully saturated rings. The van der Waals surface area contributed by atoms with Crippen LogP contribution in [-0.2, 0) is 32.8 Å². The standard InChI is InChI=1S/C32H42FN6O9P/c1-6-8-9-10-14-17-43-31(41)46-24-18-25(39-20-35-26-27(34)36-30(33)37-28(26)39)47-32(24,7-2)19-44-49(42,48-23-15-12-11-13-16-23)38-22(5)29(40)45-21(3)4/h2,11-13,15-16,20-22,24-25H,6,8-10,14,17-19H2,1,3-5H3,(H,38,42)(H2,34,36,37)/t22-,24-,25+,32+,49-/m0/s1. The number of hydrogen-bond donors (Lipinski definition) is 2. The van der Waals surface area contributed by atoms with Gasteiger partial charge in [-0.1, -0.05) is 56.7 Å². The SMILES string of the molecule is C#C[C@]1(CO[P@@](=O)(N[C@@H](C)C(=O)OC(C)C)Oc2ccccc2)O[C@@H](n2cnc3c(N)nc(F)nc32)C[C@@H]1OC(=O)OCCCCCCC. The van der Waals surface area contributed by atoms with Gasteiger partial charge in [-0.2, -0.15) is 19.4 Å². The van der Waals surface area contributed by atoms with Crippen molar-refractivity contribution < 1.29 is 46.5 Å². The Hall–Kier alpha value is -4.29. The summed E-state index contributed by atoms with van der Waals surface area (Å²) in [7, 11) is -4.43. The molecule has 0 aliphatic carbocycles. The molecule has 3 N–H and O–H groups in total. The summed E-state index contributed by atoms with van der Waals surface area (Å²) in [6.07, 6.45) is 7.03. The number of anilines is 1. The lowest BCUT2D eigenvalue weighted by molar-refractivity contribution is -0.149. The highest BCUT2D eigenvalue weighted by atomic mass is 31.2. The maximum Gasteiger partial charge on any atom is 0.508 e. The van der Waals surface area contributed by atoms with E-state index in [-0.39, 0.29) is 35.8 Å². The van der Waals surface area contributed by atoms with Crippen molar-refractivity contribution in [3.8, 4) is 18.1 Å². The fourth-order valence-corrected chi connectivity index (χ4v) is 6.52. The number of fused-ring (bicyclic) bond motifs is 1. The number of nitrogens with one attached hydrogen (secondary N) is 1. The Kier molecular flexibility index (Phi) is 12.9. The Morgan fingerprint density at radius 3 is 2.63 bits per heavy atom. The first-order chi connectivity index (χ1) is 23.4. The average Bonchev–Trinajstić information content (AvgIpc) is 3.63. The summed E-state index contributed by atoms with van der Waals surface area (Å²) in [5, 5.41) is 2.58. The molecule has 3 aromatic rings. The van der Waals surface area contributed by atoms with Gasteiger partial charge in [-0.15, -0.1) is 6.42 Å². The zero-order chi connectivity index (χ0) is 35.6. The molecule has 4 rings (SSSR count). The summed E-state index contributed by atoms with van der Waals surface area (Å²) < 4.78 is 63.9. The molecule has 1 aliphatic heterocycles. The molecule has 0 amide bonds. The molecule has 1 saturated heterocycles. The molecule has 0 spiro atoms. The van der Waals surface area contributed by atoms with Gasteiger partial charge >= 0.3 is 25.9 Å². The van der Waals surface area contributed by atoms with Crippen LogP contribution in [0.1, 0.15) is 72.4 Å². The van der Waals surface area contributed by atoms with E-state index in [9.17, 15) is 18.5 Å². The monoisotopic (exact) mass is 704 g/mol. The van der Waals surface area contributed by atoms with Gasteiger partial charge in [0.05, 0.1) is 19.0 Å². The summed E-state index contributed by atoms with van der Waals surface area (Å²) in [4.78, 5) is 37.0. The molecule has 49 heavy (non-hydrogen) atoms. The van der Waals surface area contributed by atoms with Crippen LogP contribution in [0, 0.1) is 18.4 Å². The Labute approximate surface area is 283 Å². The third-order valence-corrected chi connectivity index (χ3v) is 9.06. The predicted molar refractivity (Wildman–Crippen MR) is 175 cm³/mol. The highest BCUT2D eigenvalue weighted by Crippen LogP contribution is 2.48. The summed E-state index contributed by atoms with van der Waals surface area (Å²) in [5.41, 5.74) is 4.03. The fourth-order valence-electron chi connectivity index (χ4n) is 5.00. The number of para-hydroxylation sites is 1. The molecule has 2 aromatic heterocycles.